The molecule has 0 rings (SSSR count). The normalized spacial score (nSPS) is 12.7. The lowest BCUT2D eigenvalue weighted by atomic mass is 10.2. The summed E-state index contributed by atoms with van der Waals surface area (Å²) >= 11 is 0. The van der Waals surface area contributed by atoms with Crippen molar-refractivity contribution in [2.24, 2.45) is 0 Å². The topological polar surface area (TPSA) is 18.5 Å². The molecule has 0 heterocycles. The van der Waals surface area contributed by atoms with E-state index in [9.17, 15) is 0 Å². The first-order valence-corrected chi connectivity index (χ1v) is 22.0. The van der Waals surface area contributed by atoms with Crippen molar-refractivity contribution >= 4 is 49.4 Å². The summed E-state index contributed by atoms with van der Waals surface area (Å²) in [7, 11) is -2.47. The summed E-state index contributed by atoms with van der Waals surface area (Å²) < 4.78 is 11.8. The lowest BCUT2D eigenvalue weighted by molar-refractivity contribution is 0.558. The zero-order valence-electron chi connectivity index (χ0n) is 17.0. The van der Waals surface area contributed by atoms with Gasteiger partial charge in [-0.3, -0.25) is 0 Å². The molecule has 129 valence electrons. The van der Waals surface area contributed by atoms with Gasteiger partial charge in [-0.2, -0.15) is 9.12 Å². The van der Waals surface area contributed by atoms with Gasteiger partial charge in [0.05, 0.1) is 0 Å². The highest BCUT2D eigenvalue weighted by atomic mass is 31.0. The maximum absolute atomic E-state index is 5.90. The largest absolute Gasteiger partial charge is 0.456 e. The summed E-state index contributed by atoms with van der Waals surface area (Å²) in [5.74, 6) is 0. The Morgan fingerprint density at radius 3 is 0.619 bits per heavy atom. The molecule has 0 N–H and O–H groups in total. The van der Waals surface area contributed by atoms with Crippen LogP contribution in [-0.4, -0.2) is 40.3 Å². The quantitative estimate of drug-likeness (QED) is 0.446. The van der Waals surface area contributed by atoms with Crippen molar-refractivity contribution in [3.63, 3.8) is 0 Å². The van der Waals surface area contributed by atoms with Gasteiger partial charge < -0.3 is 8.23 Å². The number of hydrogen-bond donors (Lipinski definition) is 0. The van der Waals surface area contributed by atoms with Crippen molar-refractivity contribution in [1.29, 1.82) is 0 Å². The molecule has 2 nitrogen and oxygen atoms in total. The van der Waals surface area contributed by atoms with Crippen LogP contribution in [0.3, 0.4) is 0 Å². The second kappa shape index (κ2) is 10.9. The highest BCUT2D eigenvalue weighted by Gasteiger charge is 2.24. The first-order chi connectivity index (χ1) is 8.83. The smallest absolute Gasteiger partial charge is 0.170 e. The first kappa shape index (κ1) is 27.1. The number of rotatable bonds is 4. The van der Waals surface area contributed by atoms with Gasteiger partial charge >= 0.3 is 0 Å². The summed E-state index contributed by atoms with van der Waals surface area (Å²) in [6, 6.07) is 0. The molecule has 0 aromatic heterocycles. The molecule has 0 aliphatic rings. The molecule has 0 saturated carbocycles. The van der Waals surface area contributed by atoms with Gasteiger partial charge in [-0.1, -0.05) is 6.82 Å². The van der Waals surface area contributed by atoms with Gasteiger partial charge in [0.1, 0.15) is 7.00 Å². The fourth-order valence-electron chi connectivity index (χ4n) is 1.84. The van der Waals surface area contributed by atoms with Crippen LogP contribution in [0.5, 0.6) is 0 Å². The average Bonchev–Trinajstić information content (AvgIpc) is 1.88. The predicted molar refractivity (Wildman–Crippen MR) is 117 cm³/mol. The Morgan fingerprint density at radius 1 is 0.524 bits per heavy atom. The van der Waals surface area contributed by atoms with E-state index in [1.165, 1.54) is 0 Å². The van der Waals surface area contributed by atoms with Crippen LogP contribution < -0.4 is 0 Å². The van der Waals surface area contributed by atoms with E-state index in [0.29, 0.717) is 0 Å². The molecular formula is C13H41BO2PSi4. The number of hydrogen-bond acceptors (Lipinski definition) is 2. The zero-order chi connectivity index (χ0) is 18.1. The molecule has 0 aromatic carbocycles. The van der Waals surface area contributed by atoms with Gasteiger partial charge in [-0.25, -0.2) is 0 Å². The van der Waals surface area contributed by atoms with E-state index < -0.39 is 33.3 Å². The zero-order valence-corrected chi connectivity index (χ0v) is 22.1. The van der Waals surface area contributed by atoms with Crippen LogP contribution in [0.4, 0.5) is 0 Å². The molecular weight excluding hydrogens is 342 g/mol. The molecule has 1 atom stereocenters. The molecule has 0 aliphatic heterocycles. The van der Waals surface area contributed by atoms with Crippen LogP contribution in [0.1, 0.15) is 0 Å². The molecule has 21 heavy (non-hydrogen) atoms. The van der Waals surface area contributed by atoms with Gasteiger partial charge in [0.2, 0.25) is 0 Å². The van der Waals surface area contributed by atoms with E-state index in [1.807, 2.05) is 13.8 Å². The van der Waals surface area contributed by atoms with Crippen LogP contribution >= 0.6 is 9.12 Å². The molecule has 0 amide bonds. The molecule has 0 fully saturated rings. The van der Waals surface area contributed by atoms with E-state index in [1.54, 1.807) is 0 Å². The van der Waals surface area contributed by atoms with E-state index in [4.69, 9.17) is 8.23 Å². The van der Waals surface area contributed by atoms with Gasteiger partial charge in [-0.15, -0.1) is 0 Å². The third-order valence-corrected chi connectivity index (χ3v) is 11.0. The Morgan fingerprint density at radius 2 is 0.619 bits per heavy atom. The van der Waals surface area contributed by atoms with E-state index >= 15 is 0 Å². The Bertz CT molecular complexity index is 203. The van der Waals surface area contributed by atoms with Crippen molar-refractivity contribution in [1.82, 2.24) is 0 Å². The monoisotopic (exact) mass is 383 g/mol. The SMILES string of the molecule is C[B]P.C[Si](C)(C)O[Si](C)(C)C.C[Si](C)(C)O[Si](C)(C)C. The van der Waals surface area contributed by atoms with Gasteiger partial charge in [0.25, 0.3) is 0 Å². The lowest BCUT2D eigenvalue weighted by Gasteiger charge is -2.27. The fraction of sp³-hybridized carbons (Fsp3) is 1.00. The highest BCUT2D eigenvalue weighted by Crippen LogP contribution is 2.13. The maximum Gasteiger partial charge on any atom is 0.170 e. The van der Waals surface area contributed by atoms with Gasteiger partial charge in [-0.05, 0) is 78.6 Å². The molecule has 0 aliphatic carbocycles. The Balaban J connectivity index is -0.000000260. The van der Waals surface area contributed by atoms with Crippen LogP contribution in [0, 0.1) is 0 Å². The second-order valence-corrected chi connectivity index (χ2v) is 28.2. The Kier molecular flexibility index (Phi) is 14.1. The Hall–Kier alpha value is 1.28. The summed E-state index contributed by atoms with van der Waals surface area (Å²) in [6.07, 6.45) is 0. The van der Waals surface area contributed by atoms with Gasteiger partial charge in [0.15, 0.2) is 33.3 Å². The maximum atomic E-state index is 5.90. The molecule has 1 unspecified atom stereocenters. The van der Waals surface area contributed by atoms with Crippen LogP contribution in [0.25, 0.3) is 0 Å². The van der Waals surface area contributed by atoms with E-state index in [-0.39, 0.29) is 0 Å². The van der Waals surface area contributed by atoms with Crippen LogP contribution in [-0.2, 0) is 8.23 Å². The highest BCUT2D eigenvalue weighted by molar-refractivity contribution is 7.55. The first-order valence-electron chi connectivity index (χ1n) is 7.73. The third kappa shape index (κ3) is 44.9. The fourth-order valence-corrected chi connectivity index (χ4v) is 16.5. The summed E-state index contributed by atoms with van der Waals surface area (Å²) in [5, 5.41) is 0. The molecule has 8 heteroatoms. The lowest BCUT2D eigenvalue weighted by Crippen LogP contribution is -2.39. The summed E-state index contributed by atoms with van der Waals surface area (Å²) in [5.41, 5.74) is 0. The van der Waals surface area contributed by atoms with Crippen molar-refractivity contribution in [3.8, 4) is 0 Å². The molecule has 0 spiro atoms. The standard InChI is InChI=1S/2C6H18OSi2.CH5BP/c2*1-8(2,3)7-9(4,5)6;1-2-3/h2*1-6H3;3H2,1H3. The van der Waals surface area contributed by atoms with Crippen LogP contribution in [0.15, 0.2) is 0 Å². The van der Waals surface area contributed by atoms with E-state index in [2.05, 4.69) is 87.7 Å². The predicted octanol–water partition coefficient (Wildman–Crippen LogP) is 5.87. The average molecular weight is 384 g/mol. The summed E-state index contributed by atoms with van der Waals surface area (Å²) in [4.78, 5) is 0. The van der Waals surface area contributed by atoms with Crippen molar-refractivity contribution in [3.05, 3.63) is 0 Å². The minimum atomic E-state index is -1.23. The molecule has 1 radical (unpaired) electrons. The third-order valence-electron chi connectivity index (χ3n) is 1.22. The molecule has 0 aromatic rings. The second-order valence-electron chi connectivity index (χ2n) is 8.99. The van der Waals surface area contributed by atoms with Crippen LogP contribution in [0.2, 0.25) is 85.4 Å². The minimum absolute atomic E-state index is 1.23. The Labute approximate surface area is 143 Å². The molecule has 0 saturated heterocycles. The van der Waals surface area contributed by atoms with Crippen molar-refractivity contribution in [2.45, 2.75) is 85.4 Å². The van der Waals surface area contributed by atoms with Gasteiger partial charge in [0, 0.05) is 0 Å². The molecule has 0 bridgehead atoms. The minimum Gasteiger partial charge on any atom is -0.456 e. The van der Waals surface area contributed by atoms with Crippen molar-refractivity contribution < 1.29 is 8.23 Å². The van der Waals surface area contributed by atoms with E-state index in [0.717, 1.165) is 0 Å². The van der Waals surface area contributed by atoms with Crippen molar-refractivity contribution in [2.75, 3.05) is 0 Å². The summed E-state index contributed by atoms with van der Waals surface area (Å²) in [6.45, 7) is 30.8.